The number of fused-ring (bicyclic) bond motifs is 2. The number of hydrogen-bond donors (Lipinski definition) is 1. The highest BCUT2D eigenvalue weighted by atomic mass is 16.5. The third-order valence-electron chi connectivity index (χ3n) is 5.36. The Balaban J connectivity index is 2.02. The molecule has 0 aliphatic heterocycles. The van der Waals surface area contributed by atoms with Crippen molar-refractivity contribution in [2.75, 3.05) is 0 Å². The second kappa shape index (κ2) is 4.76. The molecule has 19 heavy (non-hydrogen) atoms. The number of rotatable bonds is 4. The molecule has 0 spiro atoms. The third kappa shape index (κ3) is 2.81. The van der Waals surface area contributed by atoms with Gasteiger partial charge in [0.2, 0.25) is 0 Å². The summed E-state index contributed by atoms with van der Waals surface area (Å²) in [5, 5.41) is 10.3. The fourth-order valence-corrected chi connectivity index (χ4v) is 3.68. The van der Waals surface area contributed by atoms with Gasteiger partial charge in [0.15, 0.2) is 0 Å². The lowest BCUT2D eigenvalue weighted by atomic mass is 9.77. The number of aliphatic hydroxyl groups is 1. The summed E-state index contributed by atoms with van der Waals surface area (Å²) in [6.45, 7) is 9.66. The van der Waals surface area contributed by atoms with Crippen LogP contribution in [0.25, 0.3) is 0 Å². The van der Waals surface area contributed by atoms with Crippen LogP contribution < -0.4 is 0 Å². The van der Waals surface area contributed by atoms with E-state index in [1.807, 2.05) is 34.6 Å². The zero-order valence-corrected chi connectivity index (χ0v) is 12.9. The topological polar surface area (TPSA) is 46.5 Å². The molecule has 110 valence electrons. The van der Waals surface area contributed by atoms with Crippen molar-refractivity contribution >= 4 is 5.97 Å². The van der Waals surface area contributed by atoms with Gasteiger partial charge in [0.05, 0.1) is 11.0 Å². The lowest BCUT2D eigenvalue weighted by Crippen LogP contribution is -2.42. The number of carbonyl (C=O) groups is 1. The second-order valence-corrected chi connectivity index (χ2v) is 7.68. The van der Waals surface area contributed by atoms with E-state index in [1.165, 1.54) is 0 Å². The normalized spacial score (nSPS) is 34.6. The lowest BCUT2D eigenvalue weighted by Gasteiger charge is -2.37. The predicted molar refractivity (Wildman–Crippen MR) is 74.6 cm³/mol. The molecule has 2 aliphatic rings. The van der Waals surface area contributed by atoms with Gasteiger partial charge < -0.3 is 9.84 Å². The molecule has 2 aliphatic carbocycles. The molecule has 2 fully saturated rings. The fraction of sp³-hybridized carbons (Fsp3) is 0.938. The average molecular weight is 268 g/mol. The van der Waals surface area contributed by atoms with Gasteiger partial charge in [0, 0.05) is 5.92 Å². The molecule has 0 heterocycles. The minimum Gasteiger partial charge on any atom is -0.462 e. The Morgan fingerprint density at radius 2 is 1.84 bits per heavy atom. The summed E-state index contributed by atoms with van der Waals surface area (Å²) >= 11 is 0. The summed E-state index contributed by atoms with van der Waals surface area (Å²) in [4.78, 5) is 12.2. The smallest absolute Gasteiger partial charge is 0.311 e. The Hall–Kier alpha value is -0.570. The maximum Gasteiger partial charge on any atom is 0.311 e. The van der Waals surface area contributed by atoms with Crippen LogP contribution in [-0.2, 0) is 9.53 Å². The average Bonchev–Trinajstić information content (AvgIpc) is 2.87. The van der Waals surface area contributed by atoms with E-state index in [9.17, 15) is 9.90 Å². The largest absolute Gasteiger partial charge is 0.462 e. The van der Waals surface area contributed by atoms with Gasteiger partial charge in [0.1, 0.15) is 6.10 Å². The van der Waals surface area contributed by atoms with E-state index in [2.05, 4.69) is 0 Å². The molecule has 0 saturated heterocycles. The maximum absolute atomic E-state index is 12.2. The van der Waals surface area contributed by atoms with Gasteiger partial charge >= 0.3 is 5.97 Å². The highest BCUT2D eigenvalue weighted by Gasteiger charge is 2.52. The van der Waals surface area contributed by atoms with Crippen molar-refractivity contribution in [3.63, 3.8) is 0 Å². The summed E-state index contributed by atoms with van der Waals surface area (Å²) in [6.07, 6.45) is 4.00. The molecule has 0 aromatic heterocycles. The van der Waals surface area contributed by atoms with E-state index < -0.39 is 11.0 Å². The van der Waals surface area contributed by atoms with E-state index in [0.29, 0.717) is 11.8 Å². The zero-order chi connectivity index (χ0) is 14.4. The van der Waals surface area contributed by atoms with Crippen LogP contribution in [0.4, 0.5) is 0 Å². The predicted octanol–water partition coefficient (Wildman–Crippen LogP) is 3.15. The quantitative estimate of drug-likeness (QED) is 0.797. The first-order valence-electron chi connectivity index (χ1n) is 7.58. The summed E-state index contributed by atoms with van der Waals surface area (Å²) in [5.74, 6) is 1.17. The molecule has 2 rings (SSSR count). The molecule has 0 aromatic rings. The van der Waals surface area contributed by atoms with Crippen molar-refractivity contribution in [2.45, 2.75) is 72.0 Å². The van der Waals surface area contributed by atoms with Crippen molar-refractivity contribution in [3.8, 4) is 0 Å². The third-order valence-corrected chi connectivity index (χ3v) is 5.36. The van der Waals surface area contributed by atoms with Crippen LogP contribution in [0.1, 0.15) is 60.3 Å². The molecule has 2 bridgehead atoms. The molecular formula is C16H28O3. The molecule has 0 radical (unpaired) electrons. The van der Waals surface area contributed by atoms with E-state index in [0.717, 1.165) is 25.7 Å². The van der Waals surface area contributed by atoms with Gasteiger partial charge in [-0.1, -0.05) is 6.92 Å². The van der Waals surface area contributed by atoms with Crippen molar-refractivity contribution in [3.05, 3.63) is 0 Å². The monoisotopic (exact) mass is 268 g/mol. The number of hydrogen-bond acceptors (Lipinski definition) is 3. The van der Waals surface area contributed by atoms with Gasteiger partial charge in [-0.3, -0.25) is 4.79 Å². The van der Waals surface area contributed by atoms with Crippen LogP contribution >= 0.6 is 0 Å². The SMILES string of the molecule is CCC(C)(C)C(=O)OC1CC2CC1C(C(C)(C)O)C2. The molecule has 3 heteroatoms. The van der Waals surface area contributed by atoms with Crippen molar-refractivity contribution < 1.29 is 14.6 Å². The number of esters is 1. The molecule has 2 saturated carbocycles. The minimum absolute atomic E-state index is 0.0218. The minimum atomic E-state index is -0.662. The lowest BCUT2D eigenvalue weighted by molar-refractivity contribution is -0.165. The Morgan fingerprint density at radius 1 is 1.21 bits per heavy atom. The van der Waals surface area contributed by atoms with Gasteiger partial charge in [-0.25, -0.2) is 0 Å². The molecule has 0 amide bonds. The van der Waals surface area contributed by atoms with E-state index >= 15 is 0 Å². The van der Waals surface area contributed by atoms with E-state index in [-0.39, 0.29) is 18.0 Å². The summed E-state index contributed by atoms with van der Waals surface area (Å²) in [5.41, 5.74) is -1.06. The van der Waals surface area contributed by atoms with Crippen LogP contribution in [-0.4, -0.2) is 22.8 Å². The molecule has 3 nitrogen and oxygen atoms in total. The first kappa shape index (κ1) is 14.8. The summed E-state index contributed by atoms with van der Waals surface area (Å²) in [6, 6.07) is 0. The van der Waals surface area contributed by atoms with Crippen LogP contribution in [0.2, 0.25) is 0 Å². The van der Waals surface area contributed by atoms with Gasteiger partial charge in [-0.05, 0) is 65.2 Å². The Morgan fingerprint density at radius 3 is 2.32 bits per heavy atom. The highest BCUT2D eigenvalue weighted by Crippen LogP contribution is 2.53. The van der Waals surface area contributed by atoms with Crippen molar-refractivity contribution in [2.24, 2.45) is 23.2 Å². The molecule has 0 aromatic carbocycles. The standard InChI is InChI=1S/C16H28O3/c1-6-15(2,3)14(17)19-13-9-10-7-11(13)12(8-10)16(4,5)18/h10-13,18H,6-9H2,1-5H3. The maximum atomic E-state index is 12.2. The van der Waals surface area contributed by atoms with Crippen LogP contribution in [0, 0.1) is 23.2 Å². The molecular weight excluding hydrogens is 240 g/mol. The van der Waals surface area contributed by atoms with Gasteiger partial charge in [-0.15, -0.1) is 0 Å². The van der Waals surface area contributed by atoms with Crippen LogP contribution in [0.5, 0.6) is 0 Å². The highest BCUT2D eigenvalue weighted by molar-refractivity contribution is 5.76. The van der Waals surface area contributed by atoms with Crippen LogP contribution in [0.3, 0.4) is 0 Å². The summed E-state index contributed by atoms with van der Waals surface area (Å²) in [7, 11) is 0. The number of carbonyl (C=O) groups excluding carboxylic acids is 1. The fourth-order valence-electron chi connectivity index (χ4n) is 3.68. The Labute approximate surface area is 116 Å². The number of ether oxygens (including phenoxy) is 1. The molecule has 4 atom stereocenters. The first-order valence-corrected chi connectivity index (χ1v) is 7.58. The zero-order valence-electron chi connectivity index (χ0n) is 12.9. The van der Waals surface area contributed by atoms with E-state index in [1.54, 1.807) is 0 Å². The van der Waals surface area contributed by atoms with Crippen molar-refractivity contribution in [1.82, 2.24) is 0 Å². The first-order chi connectivity index (χ1) is 8.65. The van der Waals surface area contributed by atoms with Gasteiger partial charge in [-0.2, -0.15) is 0 Å². The molecule has 4 unspecified atom stereocenters. The van der Waals surface area contributed by atoms with E-state index in [4.69, 9.17) is 4.74 Å². The molecule has 1 N–H and O–H groups in total. The van der Waals surface area contributed by atoms with Gasteiger partial charge in [0.25, 0.3) is 0 Å². The second-order valence-electron chi connectivity index (χ2n) is 7.68. The van der Waals surface area contributed by atoms with Crippen LogP contribution in [0.15, 0.2) is 0 Å². The summed E-state index contributed by atoms with van der Waals surface area (Å²) < 4.78 is 5.78. The Bertz CT molecular complexity index is 353. The van der Waals surface area contributed by atoms with Crippen molar-refractivity contribution in [1.29, 1.82) is 0 Å². The Kier molecular flexibility index (Phi) is 3.72.